The number of aromatic nitrogens is 1. The minimum atomic E-state index is -0.417. The fourth-order valence-corrected chi connectivity index (χ4v) is 4.76. The molecule has 0 radical (unpaired) electrons. The largest absolute Gasteiger partial charge is 0.508 e. The topological polar surface area (TPSA) is 87.7 Å². The van der Waals surface area contributed by atoms with Crippen molar-refractivity contribution in [2.45, 2.75) is 31.8 Å². The second-order valence-electron chi connectivity index (χ2n) is 9.14. The predicted octanol–water partition coefficient (Wildman–Crippen LogP) is 3.84. The van der Waals surface area contributed by atoms with Crippen LogP contribution in [-0.4, -0.2) is 40.1 Å². The van der Waals surface area contributed by atoms with Crippen molar-refractivity contribution in [1.82, 2.24) is 14.8 Å². The van der Waals surface area contributed by atoms with Crippen LogP contribution in [0.25, 0.3) is 11.1 Å². The van der Waals surface area contributed by atoms with E-state index in [9.17, 15) is 14.7 Å². The molecule has 0 spiro atoms. The van der Waals surface area contributed by atoms with Crippen LogP contribution < -0.4 is 11.1 Å². The monoisotopic (exact) mass is 471 g/mol. The lowest BCUT2D eigenvalue weighted by atomic mass is 10.0. The fraction of sp³-hybridized carbons (Fsp3) is 0.286. The normalized spacial score (nSPS) is 14.9. The molecule has 1 amide bonds. The van der Waals surface area contributed by atoms with Gasteiger partial charge in [0, 0.05) is 6.54 Å². The highest BCUT2D eigenvalue weighted by Gasteiger charge is 2.21. The van der Waals surface area contributed by atoms with Gasteiger partial charge in [0.25, 0.3) is 0 Å². The summed E-state index contributed by atoms with van der Waals surface area (Å²) >= 11 is 0. The highest BCUT2D eigenvalue weighted by molar-refractivity contribution is 5.81. The van der Waals surface area contributed by atoms with Crippen molar-refractivity contribution in [3.8, 4) is 5.75 Å². The zero-order valence-corrected chi connectivity index (χ0v) is 19.5. The van der Waals surface area contributed by atoms with Gasteiger partial charge in [-0.1, -0.05) is 48.5 Å². The maximum Gasteiger partial charge on any atom is 0.420 e. The Morgan fingerprint density at radius 1 is 0.971 bits per heavy atom. The average molecular weight is 472 g/mol. The lowest BCUT2D eigenvalue weighted by Gasteiger charge is -2.25. The first-order chi connectivity index (χ1) is 17.0. The zero-order chi connectivity index (χ0) is 24.2. The summed E-state index contributed by atoms with van der Waals surface area (Å²) in [7, 11) is 0. The minimum Gasteiger partial charge on any atom is -0.508 e. The molecule has 35 heavy (non-hydrogen) atoms. The molecule has 2 N–H and O–H groups in total. The zero-order valence-electron chi connectivity index (χ0n) is 19.5. The highest BCUT2D eigenvalue weighted by atomic mass is 16.4. The SMILES string of the molecule is O=C(Cc1ccc2oc(=O)n(Cc3ccccc3)c2c1)N[C@H](CN1CCCC1)c1cccc(O)c1. The predicted molar refractivity (Wildman–Crippen MR) is 134 cm³/mol. The molecule has 4 aromatic rings. The molecule has 1 saturated heterocycles. The molecule has 2 heterocycles. The van der Waals surface area contributed by atoms with Gasteiger partial charge in [-0.3, -0.25) is 9.36 Å². The van der Waals surface area contributed by atoms with Gasteiger partial charge in [0.2, 0.25) is 5.91 Å². The number of amides is 1. The number of nitrogens with one attached hydrogen (secondary N) is 1. The molecule has 1 aliphatic heterocycles. The number of carbonyl (C=O) groups is 1. The standard InChI is InChI=1S/C28H29N3O4/c32-23-10-6-9-22(17-23)24(19-30-13-4-5-14-30)29-27(33)16-21-11-12-26-25(15-21)31(28(34)35-26)18-20-7-2-1-3-8-20/h1-3,6-12,15,17,24,32H,4-5,13-14,16,18-19H2,(H,29,33)/t24-/m1/s1. The van der Waals surface area contributed by atoms with Crippen LogP contribution in [0.3, 0.4) is 0 Å². The number of hydrogen-bond donors (Lipinski definition) is 2. The van der Waals surface area contributed by atoms with Gasteiger partial charge in [-0.25, -0.2) is 4.79 Å². The molecular weight excluding hydrogens is 442 g/mol. The van der Waals surface area contributed by atoms with Crippen LogP contribution in [0.4, 0.5) is 0 Å². The number of aromatic hydroxyl groups is 1. The number of phenolic OH excluding ortho intramolecular Hbond substituents is 1. The molecule has 3 aromatic carbocycles. The van der Waals surface area contributed by atoms with E-state index < -0.39 is 5.76 Å². The summed E-state index contributed by atoms with van der Waals surface area (Å²) in [6, 6.07) is 22.0. The summed E-state index contributed by atoms with van der Waals surface area (Å²) in [5, 5.41) is 13.1. The van der Waals surface area contributed by atoms with Crippen LogP contribution in [0.5, 0.6) is 5.75 Å². The van der Waals surface area contributed by atoms with Crippen molar-refractivity contribution in [2.24, 2.45) is 0 Å². The molecule has 0 aliphatic carbocycles. The first-order valence-electron chi connectivity index (χ1n) is 12.0. The van der Waals surface area contributed by atoms with Crippen LogP contribution in [-0.2, 0) is 17.8 Å². The number of benzene rings is 3. The van der Waals surface area contributed by atoms with Crippen LogP contribution in [0, 0.1) is 0 Å². The van der Waals surface area contributed by atoms with Gasteiger partial charge in [-0.15, -0.1) is 0 Å². The van der Waals surface area contributed by atoms with Crippen molar-refractivity contribution in [2.75, 3.05) is 19.6 Å². The molecule has 1 atom stereocenters. The molecule has 1 aromatic heterocycles. The molecule has 0 saturated carbocycles. The van der Waals surface area contributed by atoms with Gasteiger partial charge in [0.15, 0.2) is 5.58 Å². The summed E-state index contributed by atoms with van der Waals surface area (Å²) in [4.78, 5) is 27.9. The molecular formula is C28H29N3O4. The number of phenols is 1. The third-order valence-electron chi connectivity index (χ3n) is 6.53. The molecule has 7 nitrogen and oxygen atoms in total. The number of carbonyl (C=O) groups excluding carboxylic acids is 1. The third-order valence-corrected chi connectivity index (χ3v) is 6.53. The van der Waals surface area contributed by atoms with Gasteiger partial charge in [-0.05, 0) is 66.9 Å². The second kappa shape index (κ2) is 10.2. The van der Waals surface area contributed by atoms with E-state index in [4.69, 9.17) is 4.42 Å². The summed E-state index contributed by atoms with van der Waals surface area (Å²) < 4.78 is 7.01. The Labute approximate surface area is 203 Å². The first-order valence-corrected chi connectivity index (χ1v) is 12.0. The van der Waals surface area contributed by atoms with Crippen LogP contribution in [0.2, 0.25) is 0 Å². The number of fused-ring (bicyclic) bond motifs is 1. The van der Waals surface area contributed by atoms with Gasteiger partial charge < -0.3 is 19.7 Å². The third kappa shape index (κ3) is 5.46. The molecule has 0 unspecified atom stereocenters. The smallest absolute Gasteiger partial charge is 0.420 e. The maximum atomic E-state index is 13.1. The molecule has 7 heteroatoms. The Bertz CT molecular complexity index is 1370. The average Bonchev–Trinajstić information content (AvgIpc) is 3.47. The van der Waals surface area contributed by atoms with E-state index in [1.807, 2.05) is 48.5 Å². The Morgan fingerprint density at radius 2 is 1.77 bits per heavy atom. The number of rotatable bonds is 8. The number of likely N-dealkylation sites (tertiary alicyclic amines) is 1. The van der Waals surface area contributed by atoms with Gasteiger partial charge in [0.05, 0.1) is 24.5 Å². The van der Waals surface area contributed by atoms with E-state index in [1.54, 1.807) is 28.8 Å². The molecule has 1 fully saturated rings. The summed E-state index contributed by atoms with van der Waals surface area (Å²) in [6.07, 6.45) is 2.50. The van der Waals surface area contributed by atoms with E-state index in [-0.39, 0.29) is 24.1 Å². The van der Waals surface area contributed by atoms with E-state index in [1.165, 1.54) is 0 Å². The lowest BCUT2D eigenvalue weighted by molar-refractivity contribution is -0.121. The summed E-state index contributed by atoms with van der Waals surface area (Å²) in [6.45, 7) is 3.13. The molecule has 5 rings (SSSR count). The van der Waals surface area contributed by atoms with Gasteiger partial charge >= 0.3 is 5.76 Å². The van der Waals surface area contributed by atoms with Crippen molar-refractivity contribution in [3.05, 3.63) is 100 Å². The summed E-state index contributed by atoms with van der Waals surface area (Å²) in [5.74, 6) is -0.345. The van der Waals surface area contributed by atoms with Crippen molar-refractivity contribution in [3.63, 3.8) is 0 Å². The number of hydrogen-bond acceptors (Lipinski definition) is 5. The van der Waals surface area contributed by atoms with Crippen molar-refractivity contribution in [1.29, 1.82) is 0 Å². The van der Waals surface area contributed by atoms with Crippen LogP contribution >= 0.6 is 0 Å². The molecule has 0 bridgehead atoms. The molecule has 1 aliphatic rings. The first kappa shape index (κ1) is 22.9. The Balaban J connectivity index is 1.34. The van der Waals surface area contributed by atoms with E-state index in [0.29, 0.717) is 24.2 Å². The number of oxazole rings is 1. The van der Waals surface area contributed by atoms with E-state index in [0.717, 1.165) is 42.6 Å². The second-order valence-corrected chi connectivity index (χ2v) is 9.14. The number of nitrogens with zero attached hydrogens (tertiary/aromatic N) is 2. The summed E-state index contributed by atoms with van der Waals surface area (Å²) in [5.41, 5.74) is 3.85. The van der Waals surface area contributed by atoms with Gasteiger partial charge in [-0.2, -0.15) is 0 Å². The Hall–Kier alpha value is -3.84. The van der Waals surface area contributed by atoms with Crippen LogP contribution in [0.1, 0.15) is 35.6 Å². The van der Waals surface area contributed by atoms with Gasteiger partial charge in [0.1, 0.15) is 5.75 Å². The van der Waals surface area contributed by atoms with Crippen molar-refractivity contribution < 1.29 is 14.3 Å². The Kier molecular flexibility index (Phi) is 6.68. The Morgan fingerprint density at radius 3 is 2.54 bits per heavy atom. The van der Waals surface area contributed by atoms with Crippen molar-refractivity contribution >= 4 is 17.0 Å². The minimum absolute atomic E-state index is 0.114. The lowest BCUT2D eigenvalue weighted by Crippen LogP contribution is -2.37. The maximum absolute atomic E-state index is 13.1. The van der Waals surface area contributed by atoms with Crippen LogP contribution in [0.15, 0.2) is 82.0 Å². The van der Waals surface area contributed by atoms with E-state index >= 15 is 0 Å². The van der Waals surface area contributed by atoms with E-state index in [2.05, 4.69) is 10.2 Å². The quantitative estimate of drug-likeness (QED) is 0.408. The highest BCUT2D eigenvalue weighted by Crippen LogP contribution is 2.22. The fourth-order valence-electron chi connectivity index (χ4n) is 4.76. The molecule has 180 valence electrons.